The Balaban J connectivity index is 2.31. The van der Waals surface area contributed by atoms with E-state index in [1.165, 1.54) is 0 Å². The van der Waals surface area contributed by atoms with Gasteiger partial charge in [0.05, 0.1) is 30.8 Å². The molecular formula is C9H15NO2. The molecule has 0 spiro atoms. The summed E-state index contributed by atoms with van der Waals surface area (Å²) in [5.74, 6) is 0. The Morgan fingerprint density at radius 1 is 1.67 bits per heavy atom. The fourth-order valence-electron chi connectivity index (χ4n) is 1.48. The van der Waals surface area contributed by atoms with Crippen LogP contribution in [0.4, 0.5) is 0 Å². The molecule has 1 aliphatic rings. The standard InChI is InChI=1S/C9H15NO2/c1-7(11-2)9-4-3-8(12-9)5-6-10/h7-9H,3-5H2,1-2H3. The molecule has 0 saturated carbocycles. The molecule has 3 unspecified atom stereocenters. The van der Waals surface area contributed by atoms with E-state index in [4.69, 9.17) is 14.7 Å². The summed E-state index contributed by atoms with van der Waals surface area (Å²) in [5.41, 5.74) is 0. The number of hydrogen-bond acceptors (Lipinski definition) is 3. The minimum atomic E-state index is 0.137. The first kappa shape index (κ1) is 9.50. The fourth-order valence-corrected chi connectivity index (χ4v) is 1.48. The monoisotopic (exact) mass is 169 g/mol. The van der Waals surface area contributed by atoms with E-state index in [2.05, 4.69) is 6.07 Å². The maximum atomic E-state index is 8.45. The van der Waals surface area contributed by atoms with E-state index >= 15 is 0 Å². The first-order chi connectivity index (χ1) is 5.77. The maximum Gasteiger partial charge on any atom is 0.0839 e. The van der Waals surface area contributed by atoms with Crippen LogP contribution < -0.4 is 0 Å². The smallest absolute Gasteiger partial charge is 0.0839 e. The summed E-state index contributed by atoms with van der Waals surface area (Å²) in [5, 5.41) is 8.45. The van der Waals surface area contributed by atoms with Crippen molar-refractivity contribution in [3.63, 3.8) is 0 Å². The van der Waals surface area contributed by atoms with Crippen molar-refractivity contribution in [2.45, 2.75) is 44.5 Å². The van der Waals surface area contributed by atoms with Gasteiger partial charge in [-0.1, -0.05) is 0 Å². The second kappa shape index (κ2) is 4.44. The highest BCUT2D eigenvalue weighted by molar-refractivity contribution is 4.84. The molecule has 3 atom stereocenters. The molecular weight excluding hydrogens is 154 g/mol. The number of methoxy groups -OCH3 is 1. The van der Waals surface area contributed by atoms with Crippen LogP contribution in [-0.4, -0.2) is 25.4 Å². The van der Waals surface area contributed by atoms with E-state index in [1.807, 2.05) is 6.92 Å². The maximum absolute atomic E-state index is 8.45. The predicted octanol–water partition coefficient (Wildman–Crippen LogP) is 1.48. The Morgan fingerprint density at radius 2 is 2.42 bits per heavy atom. The second-order valence-electron chi connectivity index (χ2n) is 3.18. The summed E-state index contributed by atoms with van der Waals surface area (Å²) >= 11 is 0. The van der Waals surface area contributed by atoms with Gasteiger partial charge in [-0.2, -0.15) is 5.26 Å². The number of rotatable bonds is 3. The van der Waals surface area contributed by atoms with Crippen molar-refractivity contribution in [3.8, 4) is 6.07 Å². The highest BCUT2D eigenvalue weighted by Crippen LogP contribution is 2.24. The topological polar surface area (TPSA) is 42.2 Å². The average Bonchev–Trinajstić information content (AvgIpc) is 2.52. The van der Waals surface area contributed by atoms with Gasteiger partial charge in [0.2, 0.25) is 0 Å². The van der Waals surface area contributed by atoms with E-state index in [0.29, 0.717) is 6.42 Å². The van der Waals surface area contributed by atoms with Gasteiger partial charge in [-0.25, -0.2) is 0 Å². The third-order valence-corrected chi connectivity index (χ3v) is 2.35. The van der Waals surface area contributed by atoms with Crippen molar-refractivity contribution in [2.24, 2.45) is 0 Å². The summed E-state index contributed by atoms with van der Waals surface area (Å²) in [6.45, 7) is 2.00. The van der Waals surface area contributed by atoms with E-state index < -0.39 is 0 Å². The lowest BCUT2D eigenvalue weighted by Gasteiger charge is -2.17. The lowest BCUT2D eigenvalue weighted by atomic mass is 10.1. The van der Waals surface area contributed by atoms with Crippen molar-refractivity contribution in [1.29, 1.82) is 5.26 Å². The number of nitriles is 1. The highest BCUT2D eigenvalue weighted by atomic mass is 16.5. The van der Waals surface area contributed by atoms with Crippen molar-refractivity contribution >= 4 is 0 Å². The lowest BCUT2D eigenvalue weighted by molar-refractivity contribution is -0.0427. The Labute approximate surface area is 73.3 Å². The molecule has 0 aromatic carbocycles. The van der Waals surface area contributed by atoms with Crippen LogP contribution in [0.3, 0.4) is 0 Å². The second-order valence-corrected chi connectivity index (χ2v) is 3.18. The summed E-state index contributed by atoms with van der Waals surface area (Å²) < 4.78 is 10.8. The minimum absolute atomic E-state index is 0.137. The van der Waals surface area contributed by atoms with Gasteiger partial charge in [-0.05, 0) is 19.8 Å². The van der Waals surface area contributed by atoms with Crippen molar-refractivity contribution in [3.05, 3.63) is 0 Å². The molecule has 0 N–H and O–H groups in total. The molecule has 0 aromatic heterocycles. The number of hydrogen-bond donors (Lipinski definition) is 0. The lowest BCUT2D eigenvalue weighted by Crippen LogP contribution is -2.25. The Bertz CT molecular complexity index is 176. The molecule has 0 bridgehead atoms. The van der Waals surface area contributed by atoms with Crippen LogP contribution in [0, 0.1) is 11.3 Å². The zero-order valence-corrected chi connectivity index (χ0v) is 7.62. The van der Waals surface area contributed by atoms with Crippen molar-refractivity contribution in [1.82, 2.24) is 0 Å². The molecule has 3 heteroatoms. The number of nitrogens with zero attached hydrogens (tertiary/aromatic N) is 1. The molecule has 3 nitrogen and oxygen atoms in total. The molecule has 68 valence electrons. The third-order valence-electron chi connectivity index (χ3n) is 2.35. The molecule has 1 rings (SSSR count). The Hall–Kier alpha value is -0.590. The molecule has 1 aliphatic heterocycles. The van der Waals surface area contributed by atoms with Gasteiger partial charge in [-0.3, -0.25) is 0 Å². The van der Waals surface area contributed by atoms with Crippen LogP contribution in [0.5, 0.6) is 0 Å². The molecule has 1 saturated heterocycles. The van der Waals surface area contributed by atoms with Gasteiger partial charge < -0.3 is 9.47 Å². The van der Waals surface area contributed by atoms with Gasteiger partial charge in [0, 0.05) is 7.11 Å². The van der Waals surface area contributed by atoms with Gasteiger partial charge >= 0.3 is 0 Å². The van der Waals surface area contributed by atoms with Gasteiger partial charge in [0.1, 0.15) is 0 Å². The van der Waals surface area contributed by atoms with Gasteiger partial charge in [0.15, 0.2) is 0 Å². The Morgan fingerprint density at radius 3 is 3.00 bits per heavy atom. The molecule has 0 radical (unpaired) electrons. The highest BCUT2D eigenvalue weighted by Gasteiger charge is 2.28. The first-order valence-electron chi connectivity index (χ1n) is 4.33. The Kier molecular flexibility index (Phi) is 3.51. The van der Waals surface area contributed by atoms with Crippen LogP contribution in [0.15, 0.2) is 0 Å². The first-order valence-corrected chi connectivity index (χ1v) is 4.33. The van der Waals surface area contributed by atoms with Gasteiger partial charge in [0.25, 0.3) is 0 Å². The zero-order chi connectivity index (χ0) is 8.97. The summed E-state index contributed by atoms with van der Waals surface area (Å²) in [4.78, 5) is 0. The normalized spacial score (nSPS) is 31.4. The van der Waals surface area contributed by atoms with Crippen LogP contribution in [0.1, 0.15) is 26.2 Å². The summed E-state index contributed by atoms with van der Waals surface area (Å²) in [6.07, 6.45) is 2.99. The van der Waals surface area contributed by atoms with E-state index in [1.54, 1.807) is 7.11 Å². The van der Waals surface area contributed by atoms with E-state index in [9.17, 15) is 0 Å². The largest absolute Gasteiger partial charge is 0.379 e. The zero-order valence-electron chi connectivity index (χ0n) is 7.62. The van der Waals surface area contributed by atoms with Crippen LogP contribution >= 0.6 is 0 Å². The molecule has 12 heavy (non-hydrogen) atoms. The van der Waals surface area contributed by atoms with Gasteiger partial charge in [-0.15, -0.1) is 0 Å². The molecule has 0 aromatic rings. The average molecular weight is 169 g/mol. The van der Waals surface area contributed by atoms with Crippen LogP contribution in [0.25, 0.3) is 0 Å². The van der Waals surface area contributed by atoms with Crippen molar-refractivity contribution < 1.29 is 9.47 Å². The fraction of sp³-hybridized carbons (Fsp3) is 0.889. The quantitative estimate of drug-likeness (QED) is 0.642. The summed E-state index contributed by atoms with van der Waals surface area (Å²) in [6, 6.07) is 2.12. The molecule has 1 heterocycles. The molecule has 0 amide bonds. The van der Waals surface area contributed by atoms with E-state index in [0.717, 1.165) is 12.8 Å². The predicted molar refractivity (Wildman–Crippen MR) is 44.6 cm³/mol. The summed E-state index contributed by atoms with van der Waals surface area (Å²) in [7, 11) is 1.69. The van der Waals surface area contributed by atoms with Crippen LogP contribution in [0.2, 0.25) is 0 Å². The minimum Gasteiger partial charge on any atom is -0.379 e. The molecule has 1 fully saturated rings. The number of ether oxygens (including phenoxy) is 2. The van der Waals surface area contributed by atoms with Crippen molar-refractivity contribution in [2.75, 3.05) is 7.11 Å². The SMILES string of the molecule is COC(C)C1CCC(CC#N)O1. The molecule has 0 aliphatic carbocycles. The third kappa shape index (κ3) is 2.20. The van der Waals surface area contributed by atoms with E-state index in [-0.39, 0.29) is 18.3 Å². The van der Waals surface area contributed by atoms with Crippen LogP contribution in [-0.2, 0) is 9.47 Å².